The van der Waals surface area contributed by atoms with Gasteiger partial charge < -0.3 is 9.30 Å². The molecule has 0 amide bonds. The highest BCUT2D eigenvalue weighted by molar-refractivity contribution is 6.30. The van der Waals surface area contributed by atoms with Gasteiger partial charge in [-0.05, 0) is 62.1 Å². The van der Waals surface area contributed by atoms with Crippen LogP contribution in [0.5, 0.6) is 0 Å². The van der Waals surface area contributed by atoms with Crippen molar-refractivity contribution >= 4 is 28.5 Å². The van der Waals surface area contributed by atoms with Gasteiger partial charge in [0.1, 0.15) is 0 Å². The summed E-state index contributed by atoms with van der Waals surface area (Å²) in [6.45, 7) is 4.49. The first-order valence-electron chi connectivity index (χ1n) is 11.5. The molecule has 1 saturated heterocycles. The minimum Gasteiger partial charge on any atom is -0.376 e. The summed E-state index contributed by atoms with van der Waals surface area (Å²) >= 11 is 5.95. The quantitative estimate of drug-likeness (QED) is 0.383. The first-order chi connectivity index (χ1) is 16.8. The van der Waals surface area contributed by atoms with Crippen molar-refractivity contribution < 1.29 is 9.53 Å². The van der Waals surface area contributed by atoms with Crippen LogP contribution in [0.3, 0.4) is 0 Å². The zero-order chi connectivity index (χ0) is 24.7. The number of Topliss-reactive ketones (excluding diaryl/α,β-unsaturated/α-hetero) is 1. The van der Waals surface area contributed by atoms with E-state index in [2.05, 4.69) is 4.98 Å². The number of fused-ring (bicyclic) bond motifs is 1. The maximum atomic E-state index is 13.7. The second kappa shape index (κ2) is 9.28. The molecule has 0 N–H and O–H groups in total. The van der Waals surface area contributed by atoms with E-state index in [1.54, 1.807) is 24.3 Å². The molecule has 1 aliphatic rings. The van der Waals surface area contributed by atoms with Crippen LogP contribution in [-0.2, 0) is 17.8 Å². The summed E-state index contributed by atoms with van der Waals surface area (Å²) < 4.78 is 9.94. The van der Waals surface area contributed by atoms with Crippen molar-refractivity contribution in [3.8, 4) is 5.69 Å². The molecule has 4 aromatic rings. The molecule has 1 unspecified atom stereocenters. The summed E-state index contributed by atoms with van der Waals surface area (Å²) in [5.74, 6) is -0.198. The molecule has 180 valence electrons. The molecule has 0 aliphatic carbocycles. The third kappa shape index (κ3) is 4.24. The maximum absolute atomic E-state index is 13.7. The Bertz CT molecular complexity index is 1520. The Labute approximate surface area is 206 Å². The summed E-state index contributed by atoms with van der Waals surface area (Å²) in [7, 11) is 0. The van der Waals surface area contributed by atoms with Gasteiger partial charge >= 0.3 is 5.69 Å². The van der Waals surface area contributed by atoms with Crippen LogP contribution in [0.25, 0.3) is 16.9 Å². The number of ether oxygens (including phenoxy) is 1. The van der Waals surface area contributed by atoms with Crippen LogP contribution in [0.15, 0.2) is 58.4 Å². The van der Waals surface area contributed by atoms with E-state index in [-0.39, 0.29) is 36.1 Å². The molecule has 3 heterocycles. The number of carbonyl (C=O) groups excluding carboxylic acids is 1. The first-order valence-corrected chi connectivity index (χ1v) is 11.9. The van der Waals surface area contributed by atoms with E-state index >= 15 is 0 Å². The molecular weight excluding hydrogens is 468 g/mol. The van der Waals surface area contributed by atoms with E-state index in [4.69, 9.17) is 16.3 Å². The fraction of sp³-hybridized carbons (Fsp3) is 0.308. The fourth-order valence-electron chi connectivity index (χ4n) is 4.69. The highest BCUT2D eigenvalue weighted by Gasteiger charge is 2.25. The van der Waals surface area contributed by atoms with Gasteiger partial charge in [0.25, 0.3) is 5.56 Å². The average molecular weight is 493 g/mol. The second-order valence-corrected chi connectivity index (χ2v) is 9.32. The van der Waals surface area contributed by atoms with Gasteiger partial charge in [-0.25, -0.2) is 14.3 Å². The zero-order valence-electron chi connectivity index (χ0n) is 19.5. The summed E-state index contributed by atoms with van der Waals surface area (Å²) in [6, 6.07) is 12.3. The second-order valence-electron chi connectivity index (χ2n) is 8.88. The minimum absolute atomic E-state index is 0.0989. The molecule has 1 atom stereocenters. The van der Waals surface area contributed by atoms with Crippen molar-refractivity contribution in [1.82, 2.24) is 18.7 Å². The number of para-hydroxylation sites is 1. The van der Waals surface area contributed by atoms with Crippen LogP contribution >= 0.6 is 11.6 Å². The largest absolute Gasteiger partial charge is 0.376 e. The van der Waals surface area contributed by atoms with E-state index < -0.39 is 11.2 Å². The topological polar surface area (TPSA) is 88.1 Å². The molecule has 0 spiro atoms. The van der Waals surface area contributed by atoms with Gasteiger partial charge in [-0.15, -0.1) is 0 Å². The molecule has 2 aromatic heterocycles. The van der Waals surface area contributed by atoms with Crippen LogP contribution in [0.1, 0.15) is 34.3 Å². The monoisotopic (exact) mass is 492 g/mol. The molecule has 0 bridgehead atoms. The molecule has 0 saturated carbocycles. The van der Waals surface area contributed by atoms with Gasteiger partial charge in [-0.2, -0.15) is 0 Å². The number of carbonyl (C=O) groups is 1. The Morgan fingerprint density at radius 3 is 2.49 bits per heavy atom. The number of hydrogen-bond acceptors (Lipinski definition) is 5. The Hall–Kier alpha value is -3.49. The van der Waals surface area contributed by atoms with Gasteiger partial charge in [0.05, 0.1) is 31.2 Å². The maximum Gasteiger partial charge on any atom is 0.337 e. The summed E-state index contributed by atoms with van der Waals surface area (Å²) in [5, 5.41) is 0.532. The standard InChI is InChI=1S/C26H25ClN4O4/c1-16-5-3-6-17(2)22(16)31-24-23(25(33)30(26(31)34)13-20-7-4-12-35-20)29(15-28-24)14-21(32)18-8-10-19(27)11-9-18/h3,5-6,8-11,15,20H,4,7,12-14H2,1-2H3. The lowest BCUT2D eigenvalue weighted by atomic mass is 10.1. The molecule has 1 aliphatic heterocycles. The van der Waals surface area contributed by atoms with E-state index in [0.29, 0.717) is 22.9 Å². The van der Waals surface area contributed by atoms with E-state index in [1.165, 1.54) is 20.0 Å². The molecular formula is C26H25ClN4O4. The van der Waals surface area contributed by atoms with Crippen LogP contribution in [0.4, 0.5) is 0 Å². The highest BCUT2D eigenvalue weighted by Crippen LogP contribution is 2.21. The first kappa shape index (κ1) is 23.3. The Kier molecular flexibility index (Phi) is 6.17. The van der Waals surface area contributed by atoms with Crippen molar-refractivity contribution in [3.05, 3.63) is 91.3 Å². The van der Waals surface area contributed by atoms with Gasteiger partial charge in [0, 0.05) is 17.2 Å². The number of halogens is 1. The van der Waals surface area contributed by atoms with Crippen molar-refractivity contribution in [3.63, 3.8) is 0 Å². The van der Waals surface area contributed by atoms with Crippen LogP contribution in [-0.4, -0.2) is 37.2 Å². The number of rotatable bonds is 6. The Morgan fingerprint density at radius 2 is 1.83 bits per heavy atom. The van der Waals surface area contributed by atoms with E-state index in [0.717, 1.165) is 24.0 Å². The SMILES string of the molecule is Cc1cccc(C)c1-n1c(=O)n(CC2CCCO2)c(=O)c2c1ncn2CC(=O)c1ccc(Cl)cc1. The lowest BCUT2D eigenvalue weighted by Crippen LogP contribution is -2.42. The molecule has 5 rings (SSSR count). The van der Waals surface area contributed by atoms with E-state index in [1.807, 2.05) is 32.0 Å². The number of ketones is 1. The van der Waals surface area contributed by atoms with Crippen molar-refractivity contribution in [2.24, 2.45) is 0 Å². The number of imidazole rings is 1. The number of aryl methyl sites for hydroxylation is 2. The van der Waals surface area contributed by atoms with Crippen LogP contribution in [0, 0.1) is 13.8 Å². The lowest BCUT2D eigenvalue weighted by molar-refractivity contribution is 0.0947. The van der Waals surface area contributed by atoms with Crippen molar-refractivity contribution in [2.75, 3.05) is 6.61 Å². The van der Waals surface area contributed by atoms with Crippen LogP contribution < -0.4 is 11.2 Å². The summed E-state index contributed by atoms with van der Waals surface area (Å²) in [4.78, 5) is 44.8. The summed E-state index contributed by atoms with van der Waals surface area (Å²) in [6.07, 6.45) is 2.90. The third-order valence-corrected chi connectivity index (χ3v) is 6.71. The Morgan fingerprint density at radius 1 is 1.11 bits per heavy atom. The third-order valence-electron chi connectivity index (χ3n) is 6.45. The van der Waals surface area contributed by atoms with Gasteiger partial charge in [-0.1, -0.05) is 29.8 Å². The molecule has 0 radical (unpaired) electrons. The molecule has 35 heavy (non-hydrogen) atoms. The van der Waals surface area contributed by atoms with Gasteiger partial charge in [-0.3, -0.25) is 14.2 Å². The predicted molar refractivity (Wildman–Crippen MR) is 134 cm³/mol. The zero-order valence-corrected chi connectivity index (χ0v) is 20.3. The van der Waals surface area contributed by atoms with Crippen LogP contribution in [0.2, 0.25) is 5.02 Å². The van der Waals surface area contributed by atoms with E-state index in [9.17, 15) is 14.4 Å². The smallest absolute Gasteiger partial charge is 0.337 e. The molecule has 8 nitrogen and oxygen atoms in total. The summed E-state index contributed by atoms with van der Waals surface area (Å²) in [5.41, 5.74) is 2.38. The Balaban J connectivity index is 1.71. The number of aromatic nitrogens is 4. The normalized spacial score (nSPS) is 15.7. The van der Waals surface area contributed by atoms with Gasteiger partial charge in [0.15, 0.2) is 16.9 Å². The average Bonchev–Trinajstić information content (AvgIpc) is 3.49. The molecule has 2 aromatic carbocycles. The van der Waals surface area contributed by atoms with Crippen molar-refractivity contribution in [2.45, 2.75) is 45.9 Å². The number of nitrogens with zero attached hydrogens (tertiary/aromatic N) is 4. The lowest BCUT2D eigenvalue weighted by Gasteiger charge is -2.17. The number of benzene rings is 2. The highest BCUT2D eigenvalue weighted by atomic mass is 35.5. The van der Waals surface area contributed by atoms with Crippen molar-refractivity contribution in [1.29, 1.82) is 0 Å². The number of hydrogen-bond donors (Lipinski definition) is 0. The predicted octanol–water partition coefficient (Wildman–Crippen LogP) is 3.68. The fourth-order valence-corrected chi connectivity index (χ4v) is 4.82. The van der Waals surface area contributed by atoms with Gasteiger partial charge in [0.2, 0.25) is 0 Å². The minimum atomic E-state index is -0.482. The molecule has 9 heteroatoms. The molecule has 1 fully saturated rings.